The van der Waals surface area contributed by atoms with Crippen LogP contribution in [0, 0.1) is 0 Å². The number of hydrogen-bond donors (Lipinski definition) is 1. The largest absolute Gasteiger partial charge is 0.481 e. The first-order valence-electron chi connectivity index (χ1n) is 4.88. The number of halogens is 3. The molecule has 0 saturated carbocycles. The summed E-state index contributed by atoms with van der Waals surface area (Å²) < 4.78 is 36.0. The topological polar surface area (TPSA) is 60.9 Å². The number of carbonyl (C=O) groups is 2. The van der Waals surface area contributed by atoms with Crippen LogP contribution in [-0.2, 0) is 4.79 Å². The molecule has 2 amide bonds. The Morgan fingerprint density at radius 3 is 2.12 bits per heavy atom. The Morgan fingerprint density at radius 2 is 1.71 bits per heavy atom. The van der Waals surface area contributed by atoms with E-state index in [1.54, 1.807) is 0 Å². The minimum Gasteiger partial charge on any atom is -0.481 e. The van der Waals surface area contributed by atoms with Crippen LogP contribution < -0.4 is 0 Å². The van der Waals surface area contributed by atoms with Crippen molar-refractivity contribution in [2.45, 2.75) is 19.0 Å². The van der Waals surface area contributed by atoms with Gasteiger partial charge in [0.1, 0.15) is 6.54 Å². The molecule has 0 rings (SSSR count). The van der Waals surface area contributed by atoms with Gasteiger partial charge < -0.3 is 14.9 Å². The van der Waals surface area contributed by atoms with E-state index in [1.165, 1.54) is 7.05 Å². The summed E-state index contributed by atoms with van der Waals surface area (Å²) in [5.74, 6) is -1.01. The van der Waals surface area contributed by atoms with E-state index in [0.717, 1.165) is 11.9 Å². The van der Waals surface area contributed by atoms with Gasteiger partial charge in [0.25, 0.3) is 0 Å². The molecular weight excluding hydrogens is 241 g/mol. The van der Waals surface area contributed by atoms with Crippen LogP contribution in [0.15, 0.2) is 0 Å². The summed E-state index contributed by atoms with van der Waals surface area (Å²) in [7, 11) is 2.38. The molecule has 0 heterocycles. The Labute approximate surface area is 96.8 Å². The zero-order valence-electron chi connectivity index (χ0n) is 9.62. The molecule has 100 valence electrons. The average Bonchev–Trinajstić information content (AvgIpc) is 2.13. The molecule has 0 aliphatic rings. The standard InChI is InChI=1S/C9H15F3N2O3/c1-13(5-3-4-7(15)16)8(17)14(2)6-9(10,11)12/h3-6H2,1-2H3,(H,15,16). The number of carboxylic acids is 1. The molecule has 0 aliphatic heterocycles. The Balaban J connectivity index is 4.07. The van der Waals surface area contributed by atoms with Crippen molar-refractivity contribution in [3.8, 4) is 0 Å². The summed E-state index contributed by atoms with van der Waals surface area (Å²) in [6.07, 6.45) is -4.36. The number of aliphatic carboxylic acids is 1. The fourth-order valence-electron chi connectivity index (χ4n) is 1.19. The number of nitrogens with zero attached hydrogens (tertiary/aromatic N) is 2. The Bertz CT molecular complexity index is 281. The third-order valence-corrected chi connectivity index (χ3v) is 1.95. The number of amides is 2. The number of carboxylic acid groups (broad SMARTS) is 1. The van der Waals surface area contributed by atoms with Crippen LogP contribution in [0.4, 0.5) is 18.0 Å². The molecule has 0 fully saturated rings. The van der Waals surface area contributed by atoms with Crippen LogP contribution in [-0.4, -0.2) is 60.3 Å². The molecule has 0 aromatic rings. The van der Waals surface area contributed by atoms with Crippen molar-refractivity contribution in [1.82, 2.24) is 9.80 Å². The summed E-state index contributed by atoms with van der Waals surface area (Å²) in [6.45, 7) is -1.22. The second-order valence-corrected chi connectivity index (χ2v) is 3.67. The van der Waals surface area contributed by atoms with Gasteiger partial charge in [-0.25, -0.2) is 4.79 Å². The van der Waals surface area contributed by atoms with E-state index in [9.17, 15) is 22.8 Å². The summed E-state index contributed by atoms with van der Waals surface area (Å²) in [5, 5.41) is 8.36. The van der Waals surface area contributed by atoms with E-state index < -0.39 is 24.7 Å². The monoisotopic (exact) mass is 256 g/mol. The molecule has 5 nitrogen and oxygen atoms in total. The third-order valence-electron chi connectivity index (χ3n) is 1.95. The minimum absolute atomic E-state index is 0.104. The van der Waals surface area contributed by atoms with Crippen LogP contribution >= 0.6 is 0 Å². The molecule has 0 radical (unpaired) electrons. The molecule has 0 aromatic heterocycles. The predicted octanol–water partition coefficient (Wildman–Crippen LogP) is 1.40. The van der Waals surface area contributed by atoms with Crippen LogP contribution in [0.1, 0.15) is 12.8 Å². The van der Waals surface area contributed by atoms with Gasteiger partial charge in [-0.2, -0.15) is 13.2 Å². The van der Waals surface area contributed by atoms with Gasteiger partial charge in [0.05, 0.1) is 0 Å². The first kappa shape index (κ1) is 15.5. The quantitative estimate of drug-likeness (QED) is 0.808. The summed E-state index contributed by atoms with van der Waals surface area (Å²) in [5.41, 5.74) is 0. The minimum atomic E-state index is -4.44. The van der Waals surface area contributed by atoms with Gasteiger partial charge in [0.15, 0.2) is 0 Å². The Morgan fingerprint density at radius 1 is 1.18 bits per heavy atom. The lowest BCUT2D eigenvalue weighted by atomic mass is 10.3. The van der Waals surface area contributed by atoms with Crippen molar-refractivity contribution in [2.75, 3.05) is 27.2 Å². The van der Waals surface area contributed by atoms with Gasteiger partial charge in [-0.1, -0.05) is 0 Å². The first-order valence-corrected chi connectivity index (χ1v) is 4.88. The number of urea groups is 1. The lowest BCUT2D eigenvalue weighted by molar-refractivity contribution is -0.138. The molecule has 0 atom stereocenters. The van der Waals surface area contributed by atoms with Gasteiger partial charge in [0, 0.05) is 27.1 Å². The lowest BCUT2D eigenvalue weighted by Crippen LogP contribution is -2.43. The van der Waals surface area contributed by atoms with Crippen molar-refractivity contribution in [2.24, 2.45) is 0 Å². The predicted molar refractivity (Wildman–Crippen MR) is 53.6 cm³/mol. The molecule has 1 N–H and O–H groups in total. The van der Waals surface area contributed by atoms with E-state index in [0.29, 0.717) is 4.90 Å². The Hall–Kier alpha value is -1.47. The molecule has 17 heavy (non-hydrogen) atoms. The lowest BCUT2D eigenvalue weighted by Gasteiger charge is -2.25. The highest BCUT2D eigenvalue weighted by atomic mass is 19.4. The van der Waals surface area contributed by atoms with E-state index in [2.05, 4.69) is 0 Å². The number of alkyl halides is 3. The van der Waals surface area contributed by atoms with E-state index in [1.807, 2.05) is 0 Å². The van der Waals surface area contributed by atoms with Crippen LogP contribution in [0.2, 0.25) is 0 Å². The van der Waals surface area contributed by atoms with Crippen LogP contribution in [0.3, 0.4) is 0 Å². The second kappa shape index (κ2) is 6.31. The summed E-state index contributed by atoms with van der Waals surface area (Å²) >= 11 is 0. The van der Waals surface area contributed by atoms with Crippen LogP contribution in [0.5, 0.6) is 0 Å². The number of hydrogen-bond acceptors (Lipinski definition) is 2. The maximum absolute atomic E-state index is 12.0. The normalized spacial score (nSPS) is 11.1. The van der Waals surface area contributed by atoms with Gasteiger partial charge in [-0.05, 0) is 6.42 Å². The van der Waals surface area contributed by atoms with Gasteiger partial charge in [-0.3, -0.25) is 4.79 Å². The maximum atomic E-state index is 12.0. The van der Waals surface area contributed by atoms with Crippen molar-refractivity contribution in [1.29, 1.82) is 0 Å². The molecule has 0 spiro atoms. The molecule has 8 heteroatoms. The van der Waals surface area contributed by atoms with Crippen molar-refractivity contribution < 1.29 is 27.9 Å². The highest BCUT2D eigenvalue weighted by Crippen LogP contribution is 2.16. The summed E-state index contributed by atoms with van der Waals surface area (Å²) in [6, 6.07) is -0.785. The van der Waals surface area contributed by atoms with Crippen molar-refractivity contribution in [3.05, 3.63) is 0 Å². The van der Waals surface area contributed by atoms with Gasteiger partial charge in [-0.15, -0.1) is 0 Å². The van der Waals surface area contributed by atoms with E-state index in [-0.39, 0.29) is 19.4 Å². The maximum Gasteiger partial charge on any atom is 0.406 e. The SMILES string of the molecule is CN(CCCC(=O)O)C(=O)N(C)CC(F)(F)F. The number of carbonyl (C=O) groups excluding carboxylic acids is 1. The van der Waals surface area contributed by atoms with Crippen molar-refractivity contribution in [3.63, 3.8) is 0 Å². The fraction of sp³-hybridized carbons (Fsp3) is 0.778. The molecule has 0 aromatic carbocycles. The van der Waals surface area contributed by atoms with E-state index >= 15 is 0 Å². The molecule has 0 unspecified atom stereocenters. The highest BCUT2D eigenvalue weighted by Gasteiger charge is 2.32. The molecule has 0 saturated heterocycles. The van der Waals surface area contributed by atoms with Crippen LogP contribution in [0.25, 0.3) is 0 Å². The third kappa shape index (κ3) is 7.42. The Kier molecular flexibility index (Phi) is 5.77. The van der Waals surface area contributed by atoms with Gasteiger partial charge >= 0.3 is 18.2 Å². The number of rotatable bonds is 5. The van der Waals surface area contributed by atoms with Crippen molar-refractivity contribution >= 4 is 12.0 Å². The van der Waals surface area contributed by atoms with Gasteiger partial charge in [0.2, 0.25) is 0 Å². The zero-order chi connectivity index (χ0) is 13.6. The second-order valence-electron chi connectivity index (χ2n) is 3.67. The average molecular weight is 256 g/mol. The zero-order valence-corrected chi connectivity index (χ0v) is 9.62. The first-order chi connectivity index (χ1) is 7.63. The molecule has 0 bridgehead atoms. The van der Waals surface area contributed by atoms with E-state index in [4.69, 9.17) is 5.11 Å². The fourth-order valence-corrected chi connectivity index (χ4v) is 1.19. The highest BCUT2D eigenvalue weighted by molar-refractivity contribution is 5.74. The summed E-state index contributed by atoms with van der Waals surface area (Å²) in [4.78, 5) is 23.2. The smallest absolute Gasteiger partial charge is 0.406 e. The molecule has 0 aliphatic carbocycles. The molecular formula is C9H15F3N2O3.